The van der Waals surface area contributed by atoms with Gasteiger partial charge in [0.25, 0.3) is 0 Å². The van der Waals surface area contributed by atoms with Gasteiger partial charge in [-0.25, -0.2) is 18.6 Å². The van der Waals surface area contributed by atoms with E-state index in [1.54, 1.807) is 0 Å². The molecule has 4 rings (SSSR count). The van der Waals surface area contributed by atoms with E-state index in [0.29, 0.717) is 12.5 Å². The van der Waals surface area contributed by atoms with Crippen LogP contribution >= 0.6 is 0 Å². The fourth-order valence-corrected chi connectivity index (χ4v) is 3.10. The number of carbonyl (C=O) groups is 2. The van der Waals surface area contributed by atoms with Gasteiger partial charge in [-0.05, 0) is 30.9 Å². The van der Waals surface area contributed by atoms with Gasteiger partial charge >= 0.3 is 6.03 Å². The highest BCUT2D eigenvalue weighted by Gasteiger charge is 2.55. The Hall–Kier alpha value is -2.22. The average molecular weight is 337 g/mol. The zero-order chi connectivity index (χ0) is 16.9. The van der Waals surface area contributed by atoms with Crippen molar-refractivity contribution >= 4 is 17.6 Å². The van der Waals surface area contributed by atoms with Crippen molar-refractivity contribution < 1.29 is 23.2 Å². The molecule has 3 fully saturated rings. The van der Waals surface area contributed by atoms with Gasteiger partial charge in [-0.3, -0.25) is 9.63 Å². The number of carbonyl (C=O) groups excluding carboxylic acids is 2. The lowest BCUT2D eigenvalue weighted by molar-refractivity contribution is -0.229. The van der Waals surface area contributed by atoms with Gasteiger partial charge < -0.3 is 10.2 Å². The highest BCUT2D eigenvalue weighted by Crippen LogP contribution is 2.39. The van der Waals surface area contributed by atoms with Gasteiger partial charge in [0.2, 0.25) is 5.91 Å². The number of nitrogens with one attached hydrogen (secondary N) is 1. The Kier molecular flexibility index (Phi) is 3.45. The Morgan fingerprint density at radius 3 is 2.79 bits per heavy atom. The molecule has 3 aliphatic rings. The molecular weight excluding hydrogens is 320 g/mol. The number of hydrogen-bond acceptors (Lipinski definition) is 3. The molecule has 0 bridgehead atoms. The standard InChI is InChI=1S/C16H17F2N3O3/c17-11-3-4-12(18)13(5-11)19-15(23)20-8-16(9-20)6-14(22)21(24-16)7-10-1-2-10/h3-5,10H,1-2,6-9H2,(H,19,23). The first-order valence-corrected chi connectivity index (χ1v) is 7.95. The van der Waals surface area contributed by atoms with Crippen molar-refractivity contribution in [2.45, 2.75) is 24.9 Å². The van der Waals surface area contributed by atoms with Crippen LogP contribution in [0.15, 0.2) is 18.2 Å². The molecular formula is C16H17F2N3O3. The van der Waals surface area contributed by atoms with Gasteiger partial charge in [0.15, 0.2) is 0 Å². The van der Waals surface area contributed by atoms with Crippen molar-refractivity contribution in [2.24, 2.45) is 5.92 Å². The first-order chi connectivity index (χ1) is 11.4. The van der Waals surface area contributed by atoms with E-state index < -0.39 is 23.3 Å². The number of likely N-dealkylation sites (tertiary alicyclic amines) is 1. The summed E-state index contributed by atoms with van der Waals surface area (Å²) in [5, 5.41) is 3.76. The monoisotopic (exact) mass is 337 g/mol. The van der Waals surface area contributed by atoms with Gasteiger partial charge in [0, 0.05) is 6.07 Å². The van der Waals surface area contributed by atoms with E-state index in [-0.39, 0.29) is 31.1 Å². The summed E-state index contributed by atoms with van der Waals surface area (Å²) in [6.45, 7) is 1.12. The molecule has 2 saturated heterocycles. The fraction of sp³-hybridized carbons (Fsp3) is 0.500. The number of hydrogen-bond donors (Lipinski definition) is 1. The number of hydroxylamine groups is 2. The molecule has 128 valence electrons. The Morgan fingerprint density at radius 1 is 1.33 bits per heavy atom. The van der Waals surface area contributed by atoms with Gasteiger partial charge in [-0.2, -0.15) is 0 Å². The van der Waals surface area contributed by atoms with Crippen LogP contribution in [0.25, 0.3) is 0 Å². The average Bonchev–Trinajstić information content (AvgIpc) is 3.24. The van der Waals surface area contributed by atoms with Gasteiger partial charge in [-0.1, -0.05) is 0 Å². The van der Waals surface area contributed by atoms with Gasteiger partial charge in [-0.15, -0.1) is 0 Å². The van der Waals surface area contributed by atoms with E-state index in [4.69, 9.17) is 4.84 Å². The third kappa shape index (κ3) is 2.82. The third-order valence-electron chi connectivity index (χ3n) is 4.59. The zero-order valence-corrected chi connectivity index (χ0v) is 12.9. The van der Waals surface area contributed by atoms with Crippen LogP contribution in [0.2, 0.25) is 0 Å². The minimum absolute atomic E-state index is 0.0573. The predicted octanol–water partition coefficient (Wildman–Crippen LogP) is 2.12. The van der Waals surface area contributed by atoms with E-state index in [2.05, 4.69) is 5.32 Å². The van der Waals surface area contributed by atoms with Crippen LogP contribution in [0.5, 0.6) is 0 Å². The first kappa shape index (κ1) is 15.3. The second-order valence-corrected chi connectivity index (χ2v) is 6.76. The van der Waals surface area contributed by atoms with Crippen LogP contribution < -0.4 is 5.32 Å². The van der Waals surface area contributed by atoms with Crippen molar-refractivity contribution in [3.05, 3.63) is 29.8 Å². The first-order valence-electron chi connectivity index (χ1n) is 7.95. The lowest BCUT2D eigenvalue weighted by atomic mass is 9.91. The van der Waals surface area contributed by atoms with Crippen LogP contribution in [-0.2, 0) is 9.63 Å². The third-order valence-corrected chi connectivity index (χ3v) is 4.59. The molecule has 1 aliphatic carbocycles. The molecule has 0 atom stereocenters. The van der Waals surface area contributed by atoms with Gasteiger partial charge in [0.05, 0.1) is 31.7 Å². The molecule has 1 saturated carbocycles. The predicted molar refractivity (Wildman–Crippen MR) is 79.8 cm³/mol. The summed E-state index contributed by atoms with van der Waals surface area (Å²) in [6, 6.07) is 2.32. The minimum atomic E-state index is -0.706. The molecule has 0 unspecified atom stereocenters. The smallest absolute Gasteiger partial charge is 0.318 e. The van der Waals surface area contributed by atoms with E-state index in [1.165, 1.54) is 9.96 Å². The summed E-state index contributed by atoms with van der Waals surface area (Å²) in [6.07, 6.45) is 2.49. The van der Waals surface area contributed by atoms with Crippen LogP contribution in [0.4, 0.5) is 19.3 Å². The van der Waals surface area contributed by atoms with Crippen molar-refractivity contribution in [3.8, 4) is 0 Å². The second kappa shape index (κ2) is 5.41. The highest BCUT2D eigenvalue weighted by molar-refractivity contribution is 5.90. The van der Waals surface area contributed by atoms with Crippen LogP contribution in [0.1, 0.15) is 19.3 Å². The van der Waals surface area contributed by atoms with Crippen molar-refractivity contribution in [2.75, 3.05) is 25.0 Å². The Bertz CT molecular complexity index is 702. The van der Waals surface area contributed by atoms with Crippen molar-refractivity contribution in [3.63, 3.8) is 0 Å². The van der Waals surface area contributed by atoms with E-state index in [9.17, 15) is 18.4 Å². The molecule has 0 radical (unpaired) electrons. The normalized spacial score (nSPS) is 22.0. The molecule has 2 heterocycles. The van der Waals surface area contributed by atoms with E-state index in [0.717, 1.165) is 31.0 Å². The van der Waals surface area contributed by atoms with E-state index in [1.807, 2.05) is 0 Å². The maximum Gasteiger partial charge on any atom is 0.322 e. The largest absolute Gasteiger partial charge is 0.322 e. The molecule has 2 aliphatic heterocycles. The number of nitrogens with zero attached hydrogens (tertiary/aromatic N) is 2. The fourth-order valence-electron chi connectivity index (χ4n) is 3.10. The number of halogens is 2. The SMILES string of the molecule is O=C(Nc1cc(F)ccc1F)N1CC2(CC(=O)N(CC3CC3)O2)C1. The van der Waals surface area contributed by atoms with Crippen LogP contribution in [0.3, 0.4) is 0 Å². The minimum Gasteiger partial charge on any atom is -0.318 e. The van der Waals surface area contributed by atoms with Crippen LogP contribution in [-0.4, -0.2) is 47.1 Å². The lowest BCUT2D eigenvalue weighted by Crippen LogP contribution is -2.64. The molecule has 1 spiro atoms. The van der Waals surface area contributed by atoms with Crippen molar-refractivity contribution in [1.29, 1.82) is 0 Å². The van der Waals surface area contributed by atoms with Gasteiger partial charge in [0.1, 0.15) is 17.2 Å². The molecule has 6 nitrogen and oxygen atoms in total. The molecule has 24 heavy (non-hydrogen) atoms. The molecule has 1 aromatic carbocycles. The molecule has 8 heteroatoms. The second-order valence-electron chi connectivity index (χ2n) is 6.76. The summed E-state index contributed by atoms with van der Waals surface area (Å²) in [5.41, 5.74) is -0.871. The summed E-state index contributed by atoms with van der Waals surface area (Å²) in [7, 11) is 0. The quantitative estimate of drug-likeness (QED) is 0.919. The number of amides is 3. The Labute approximate surface area is 137 Å². The molecule has 3 amide bonds. The molecule has 0 aromatic heterocycles. The highest BCUT2D eigenvalue weighted by atomic mass is 19.1. The topological polar surface area (TPSA) is 61.9 Å². The molecule has 1 aromatic rings. The van der Waals surface area contributed by atoms with E-state index >= 15 is 0 Å². The number of urea groups is 1. The summed E-state index contributed by atoms with van der Waals surface area (Å²) < 4.78 is 26.7. The number of anilines is 1. The summed E-state index contributed by atoms with van der Waals surface area (Å²) in [4.78, 5) is 31.3. The maximum absolute atomic E-state index is 13.6. The number of rotatable bonds is 3. The summed E-state index contributed by atoms with van der Waals surface area (Å²) >= 11 is 0. The Balaban J connectivity index is 1.34. The lowest BCUT2D eigenvalue weighted by Gasteiger charge is -2.45. The number of benzene rings is 1. The maximum atomic E-state index is 13.6. The molecule has 1 N–H and O–H groups in total. The Morgan fingerprint density at radius 2 is 2.08 bits per heavy atom. The zero-order valence-electron chi connectivity index (χ0n) is 12.9. The summed E-state index contributed by atoms with van der Waals surface area (Å²) in [5.74, 6) is -0.868. The van der Waals surface area contributed by atoms with Crippen LogP contribution in [0, 0.1) is 17.6 Å². The van der Waals surface area contributed by atoms with Crippen molar-refractivity contribution in [1.82, 2.24) is 9.96 Å².